The zero-order valence-electron chi connectivity index (χ0n) is 17.9. The average Bonchev–Trinajstić information content (AvgIpc) is 3.22. The van der Waals surface area contributed by atoms with Crippen molar-refractivity contribution in [1.82, 2.24) is 25.3 Å². The molecule has 0 radical (unpaired) electrons. The van der Waals surface area contributed by atoms with Crippen LogP contribution in [0.1, 0.15) is 41.4 Å². The van der Waals surface area contributed by atoms with E-state index < -0.39 is 0 Å². The van der Waals surface area contributed by atoms with E-state index in [9.17, 15) is 9.59 Å². The summed E-state index contributed by atoms with van der Waals surface area (Å²) in [6.45, 7) is 7.38. The van der Waals surface area contributed by atoms with Gasteiger partial charge in [0.15, 0.2) is 0 Å². The van der Waals surface area contributed by atoms with Crippen molar-refractivity contribution < 1.29 is 14.1 Å². The van der Waals surface area contributed by atoms with Gasteiger partial charge in [-0.15, -0.1) is 0 Å². The normalized spacial score (nSPS) is 14.9. The molecule has 0 spiro atoms. The van der Waals surface area contributed by atoms with Gasteiger partial charge in [-0.2, -0.15) is 0 Å². The third-order valence-electron chi connectivity index (χ3n) is 5.51. The molecule has 8 heteroatoms. The maximum atomic E-state index is 13.0. The topological polar surface area (TPSA) is 91.6 Å². The van der Waals surface area contributed by atoms with Crippen LogP contribution in [0.2, 0.25) is 0 Å². The number of hydrogen-bond donors (Lipinski definition) is 1. The highest BCUT2D eigenvalue weighted by Gasteiger charge is 2.24. The van der Waals surface area contributed by atoms with Gasteiger partial charge in [-0.1, -0.05) is 49.3 Å². The van der Waals surface area contributed by atoms with Crippen LogP contribution in [0, 0.1) is 0 Å². The molecule has 1 aliphatic heterocycles. The predicted molar refractivity (Wildman–Crippen MR) is 117 cm³/mol. The molecule has 4 rings (SSSR count). The zero-order chi connectivity index (χ0) is 21.8. The second-order valence-electron chi connectivity index (χ2n) is 8.13. The highest BCUT2D eigenvalue weighted by atomic mass is 16.5. The Morgan fingerprint density at radius 2 is 1.87 bits per heavy atom. The Balaban J connectivity index is 1.30. The van der Waals surface area contributed by atoms with Crippen LogP contribution in [0.5, 0.6) is 0 Å². The molecule has 0 unspecified atom stereocenters. The maximum absolute atomic E-state index is 13.0. The molecule has 2 aromatic heterocycles. The molecule has 0 bridgehead atoms. The van der Waals surface area contributed by atoms with E-state index in [4.69, 9.17) is 4.52 Å². The molecule has 1 aliphatic rings. The fraction of sp³-hybridized carbons (Fsp3) is 0.391. The van der Waals surface area contributed by atoms with Crippen LogP contribution >= 0.6 is 0 Å². The molecule has 1 N–H and O–H groups in total. The summed E-state index contributed by atoms with van der Waals surface area (Å²) in [5.41, 5.74) is 2.87. The molecule has 3 aromatic rings. The van der Waals surface area contributed by atoms with Crippen LogP contribution in [-0.4, -0.2) is 64.5 Å². The summed E-state index contributed by atoms with van der Waals surface area (Å²) >= 11 is 0. The number of nitrogens with one attached hydrogen (secondary N) is 1. The van der Waals surface area contributed by atoms with Gasteiger partial charge in [0.05, 0.1) is 23.2 Å². The molecule has 1 saturated heterocycles. The first-order valence-electron chi connectivity index (χ1n) is 10.6. The molecule has 31 heavy (non-hydrogen) atoms. The van der Waals surface area contributed by atoms with Gasteiger partial charge in [-0.05, 0) is 17.5 Å². The Hall–Kier alpha value is -3.26. The Morgan fingerprint density at radius 3 is 2.58 bits per heavy atom. The van der Waals surface area contributed by atoms with Crippen molar-refractivity contribution in [2.24, 2.45) is 0 Å². The van der Waals surface area contributed by atoms with Crippen molar-refractivity contribution in [2.75, 3.05) is 32.7 Å². The molecule has 3 heterocycles. The minimum atomic E-state index is -0.0570. The van der Waals surface area contributed by atoms with E-state index in [1.54, 1.807) is 6.20 Å². The molecule has 0 saturated carbocycles. The second kappa shape index (κ2) is 9.26. The van der Waals surface area contributed by atoms with Crippen molar-refractivity contribution in [2.45, 2.75) is 26.3 Å². The lowest BCUT2D eigenvalue weighted by molar-refractivity contribution is -0.122. The van der Waals surface area contributed by atoms with Gasteiger partial charge in [-0.25, -0.2) is 4.98 Å². The summed E-state index contributed by atoms with van der Waals surface area (Å²) in [6.07, 6.45) is 1.54. The van der Waals surface area contributed by atoms with Crippen molar-refractivity contribution in [1.29, 1.82) is 0 Å². The Morgan fingerprint density at radius 1 is 1.13 bits per heavy atom. The maximum Gasteiger partial charge on any atom is 0.257 e. The summed E-state index contributed by atoms with van der Waals surface area (Å²) < 4.78 is 5.26. The zero-order valence-corrected chi connectivity index (χ0v) is 17.9. The van der Waals surface area contributed by atoms with E-state index in [2.05, 4.69) is 20.4 Å². The summed E-state index contributed by atoms with van der Waals surface area (Å²) in [5.74, 6) is 0.121. The number of piperazine rings is 1. The fourth-order valence-corrected chi connectivity index (χ4v) is 3.73. The number of hydrogen-bond acceptors (Lipinski definition) is 6. The van der Waals surface area contributed by atoms with Gasteiger partial charge in [0.1, 0.15) is 0 Å². The van der Waals surface area contributed by atoms with E-state index in [0.717, 1.165) is 16.6 Å². The van der Waals surface area contributed by atoms with E-state index in [1.165, 1.54) is 0 Å². The number of nitrogens with zero attached hydrogens (tertiary/aromatic N) is 4. The standard InChI is InChI=1S/C23H27N5O3/c1-16(2)21-19-12-18(14-25-22(19)31-26-21)23(30)28-10-8-27(9-11-28)15-20(29)24-13-17-6-4-3-5-7-17/h3-7,12,14,16H,8-11,13,15H2,1-2H3,(H,24,29). The minimum absolute atomic E-state index is 0.00745. The van der Waals surface area contributed by atoms with E-state index in [1.807, 2.05) is 55.1 Å². The largest absolute Gasteiger partial charge is 0.351 e. The van der Waals surface area contributed by atoms with Gasteiger partial charge in [0.25, 0.3) is 11.6 Å². The van der Waals surface area contributed by atoms with Crippen LogP contribution < -0.4 is 5.32 Å². The first-order valence-corrected chi connectivity index (χ1v) is 10.6. The van der Waals surface area contributed by atoms with E-state index >= 15 is 0 Å². The highest BCUT2D eigenvalue weighted by Crippen LogP contribution is 2.24. The smallest absolute Gasteiger partial charge is 0.257 e. The van der Waals surface area contributed by atoms with Crippen LogP contribution in [0.15, 0.2) is 47.1 Å². The van der Waals surface area contributed by atoms with Crippen molar-refractivity contribution in [3.05, 3.63) is 59.4 Å². The lowest BCUT2D eigenvalue weighted by Crippen LogP contribution is -2.51. The van der Waals surface area contributed by atoms with Crippen LogP contribution in [-0.2, 0) is 11.3 Å². The number of carbonyl (C=O) groups excluding carboxylic acids is 2. The van der Waals surface area contributed by atoms with E-state index in [0.29, 0.717) is 50.5 Å². The molecule has 0 atom stereocenters. The Kier molecular flexibility index (Phi) is 6.27. The Bertz CT molecular complexity index is 1060. The number of pyridine rings is 1. The molecule has 162 valence electrons. The first-order chi connectivity index (χ1) is 15.0. The quantitative estimate of drug-likeness (QED) is 0.657. The molecular weight excluding hydrogens is 394 g/mol. The number of fused-ring (bicyclic) bond motifs is 1. The first kappa shape index (κ1) is 21.0. The molecule has 2 amide bonds. The second-order valence-corrected chi connectivity index (χ2v) is 8.13. The van der Waals surface area contributed by atoms with Gasteiger partial charge >= 0.3 is 0 Å². The molecular formula is C23H27N5O3. The van der Waals surface area contributed by atoms with Gasteiger partial charge < -0.3 is 14.7 Å². The van der Waals surface area contributed by atoms with E-state index in [-0.39, 0.29) is 17.7 Å². The monoisotopic (exact) mass is 421 g/mol. The SMILES string of the molecule is CC(C)c1noc2ncc(C(=O)N3CCN(CC(=O)NCc4ccccc4)CC3)cc12. The van der Waals surface area contributed by atoms with Crippen LogP contribution in [0.4, 0.5) is 0 Å². The summed E-state index contributed by atoms with van der Waals surface area (Å²) in [4.78, 5) is 33.4. The number of rotatable bonds is 6. The molecule has 1 aromatic carbocycles. The number of aromatic nitrogens is 2. The molecule has 8 nitrogen and oxygen atoms in total. The van der Waals surface area contributed by atoms with Crippen LogP contribution in [0.3, 0.4) is 0 Å². The summed E-state index contributed by atoms with van der Waals surface area (Å²) in [7, 11) is 0. The van der Waals surface area contributed by atoms with Crippen molar-refractivity contribution in [3.63, 3.8) is 0 Å². The lowest BCUT2D eigenvalue weighted by Gasteiger charge is -2.34. The molecule has 0 aliphatic carbocycles. The number of amides is 2. The summed E-state index contributed by atoms with van der Waals surface area (Å²) in [5, 5.41) is 7.81. The highest BCUT2D eigenvalue weighted by molar-refractivity contribution is 5.97. The minimum Gasteiger partial charge on any atom is -0.351 e. The fourth-order valence-electron chi connectivity index (χ4n) is 3.73. The predicted octanol–water partition coefficient (Wildman–Crippen LogP) is 2.42. The average molecular weight is 422 g/mol. The van der Waals surface area contributed by atoms with Gasteiger partial charge in [0, 0.05) is 38.9 Å². The Labute approximate surface area is 181 Å². The summed E-state index contributed by atoms with van der Waals surface area (Å²) in [6, 6.07) is 11.7. The number of carbonyl (C=O) groups is 2. The van der Waals surface area contributed by atoms with Gasteiger partial charge in [0.2, 0.25) is 5.91 Å². The number of benzene rings is 1. The third-order valence-corrected chi connectivity index (χ3v) is 5.51. The van der Waals surface area contributed by atoms with Crippen molar-refractivity contribution in [3.8, 4) is 0 Å². The van der Waals surface area contributed by atoms with Crippen molar-refractivity contribution >= 4 is 22.9 Å². The lowest BCUT2D eigenvalue weighted by atomic mass is 10.1. The third kappa shape index (κ3) is 4.91. The van der Waals surface area contributed by atoms with Crippen LogP contribution in [0.25, 0.3) is 11.1 Å². The van der Waals surface area contributed by atoms with Gasteiger partial charge in [-0.3, -0.25) is 14.5 Å². The molecule has 1 fully saturated rings.